The topological polar surface area (TPSA) is 123 Å². The zero-order valence-corrected chi connectivity index (χ0v) is 18.3. The van der Waals surface area contributed by atoms with Crippen LogP contribution in [-0.2, 0) is 10.3 Å². The molecule has 8 nitrogen and oxygen atoms in total. The molecule has 168 valence electrons. The Kier molecular flexibility index (Phi) is 4.63. The van der Waals surface area contributed by atoms with Gasteiger partial charge in [0.15, 0.2) is 17.1 Å². The normalized spacial score (nSPS) is 14.7. The van der Waals surface area contributed by atoms with E-state index < -0.39 is 17.5 Å². The van der Waals surface area contributed by atoms with E-state index in [1.807, 2.05) is 0 Å². The maximum atomic E-state index is 13.2. The summed E-state index contributed by atoms with van der Waals surface area (Å²) in [5, 5.41) is 29.7. The number of rotatable bonds is 3. The molecular formula is C23H14Cl2O8. The largest absolute Gasteiger partial charge is 0.506 e. The Morgan fingerprint density at radius 2 is 1.58 bits per heavy atom. The monoisotopic (exact) mass is 488 g/mol. The minimum Gasteiger partial charge on any atom is -0.506 e. The van der Waals surface area contributed by atoms with Gasteiger partial charge in [-0.3, -0.25) is 0 Å². The number of carbonyl (C=O) groups excluding carboxylic acids is 1. The van der Waals surface area contributed by atoms with Crippen molar-refractivity contribution in [3.05, 3.63) is 74.3 Å². The summed E-state index contributed by atoms with van der Waals surface area (Å²) in [4.78, 5) is 25.1. The maximum Gasteiger partial charge on any atom is 0.343 e. The molecule has 0 aromatic heterocycles. The molecule has 0 unspecified atom stereocenters. The van der Waals surface area contributed by atoms with Gasteiger partial charge in [-0.2, -0.15) is 0 Å². The number of phenols is 2. The molecule has 0 radical (unpaired) electrons. The lowest BCUT2D eigenvalue weighted by atomic mass is 9.77. The molecule has 0 fully saturated rings. The molecule has 0 saturated heterocycles. The SMILES string of the molecule is CCOc1cc(C(=O)O)cc2c1C(=O)OC21c2ccc(O)c(Cl)c2Oc2c1ccc(O)c2Cl. The molecule has 33 heavy (non-hydrogen) atoms. The lowest BCUT2D eigenvalue weighted by Gasteiger charge is -2.37. The van der Waals surface area contributed by atoms with Gasteiger partial charge >= 0.3 is 11.9 Å². The molecule has 0 amide bonds. The minimum absolute atomic E-state index is 0.0362. The third kappa shape index (κ3) is 2.77. The first-order chi connectivity index (χ1) is 15.7. The zero-order valence-electron chi connectivity index (χ0n) is 16.8. The summed E-state index contributed by atoms with van der Waals surface area (Å²) in [6.45, 7) is 1.87. The van der Waals surface area contributed by atoms with Crippen LogP contribution in [0.1, 0.15) is 44.3 Å². The highest BCUT2D eigenvalue weighted by molar-refractivity contribution is 6.34. The summed E-state index contributed by atoms with van der Waals surface area (Å²) in [5.74, 6) is -2.69. The molecule has 3 aromatic rings. The Labute approximate surface area is 196 Å². The number of carboxylic acids is 1. The first-order valence-corrected chi connectivity index (χ1v) is 10.5. The number of halogens is 2. The number of carboxylic acid groups (broad SMARTS) is 1. The second-order valence-corrected chi connectivity index (χ2v) is 8.11. The molecule has 2 heterocycles. The molecular weight excluding hydrogens is 475 g/mol. The Hall–Kier alpha value is -3.62. The van der Waals surface area contributed by atoms with Crippen LogP contribution in [0.4, 0.5) is 0 Å². The predicted molar refractivity (Wildman–Crippen MR) is 116 cm³/mol. The van der Waals surface area contributed by atoms with Gasteiger partial charge in [0.05, 0.1) is 12.2 Å². The highest BCUT2D eigenvalue weighted by atomic mass is 35.5. The second-order valence-electron chi connectivity index (χ2n) is 7.36. The van der Waals surface area contributed by atoms with Crippen LogP contribution in [0.15, 0.2) is 36.4 Å². The van der Waals surface area contributed by atoms with E-state index in [0.717, 1.165) is 0 Å². The third-order valence-corrected chi connectivity index (χ3v) is 6.32. The quantitative estimate of drug-likeness (QED) is 0.436. The van der Waals surface area contributed by atoms with Crippen LogP contribution in [0.25, 0.3) is 0 Å². The van der Waals surface area contributed by atoms with E-state index in [4.69, 9.17) is 37.4 Å². The van der Waals surface area contributed by atoms with Crippen LogP contribution in [-0.4, -0.2) is 33.9 Å². The van der Waals surface area contributed by atoms with Gasteiger partial charge in [0.2, 0.25) is 0 Å². The van der Waals surface area contributed by atoms with Crippen molar-refractivity contribution in [1.29, 1.82) is 0 Å². The Morgan fingerprint density at radius 1 is 1.00 bits per heavy atom. The van der Waals surface area contributed by atoms with Crippen LogP contribution in [0.2, 0.25) is 10.0 Å². The molecule has 10 heteroatoms. The van der Waals surface area contributed by atoms with Crippen molar-refractivity contribution >= 4 is 35.1 Å². The van der Waals surface area contributed by atoms with Gasteiger partial charge in [0.25, 0.3) is 0 Å². The number of esters is 1. The fraction of sp³-hybridized carbons (Fsp3) is 0.130. The number of benzene rings is 3. The number of ether oxygens (including phenoxy) is 3. The molecule has 0 bridgehead atoms. The van der Waals surface area contributed by atoms with Crippen molar-refractivity contribution in [2.45, 2.75) is 12.5 Å². The lowest BCUT2D eigenvalue weighted by Crippen LogP contribution is -2.33. The molecule has 0 saturated carbocycles. The van der Waals surface area contributed by atoms with Crippen molar-refractivity contribution in [3.8, 4) is 28.7 Å². The number of aromatic carboxylic acids is 1. The Morgan fingerprint density at radius 3 is 2.09 bits per heavy atom. The maximum absolute atomic E-state index is 13.2. The Balaban J connectivity index is 1.96. The van der Waals surface area contributed by atoms with Gasteiger partial charge < -0.3 is 29.5 Å². The molecule has 2 aliphatic heterocycles. The average Bonchev–Trinajstić information content (AvgIpc) is 3.07. The van der Waals surface area contributed by atoms with E-state index in [1.54, 1.807) is 6.92 Å². The van der Waals surface area contributed by atoms with Crippen molar-refractivity contribution in [1.82, 2.24) is 0 Å². The summed E-state index contributed by atoms with van der Waals surface area (Å²) in [6, 6.07) is 8.07. The number of fused-ring (bicyclic) bond motifs is 6. The molecule has 2 aliphatic rings. The van der Waals surface area contributed by atoms with Gasteiger partial charge in [-0.1, -0.05) is 23.2 Å². The minimum atomic E-state index is -1.73. The summed E-state index contributed by atoms with van der Waals surface area (Å²) >= 11 is 12.6. The van der Waals surface area contributed by atoms with E-state index in [2.05, 4.69) is 0 Å². The standard InChI is InChI=1S/C23H14Cl2O8/c1-2-31-15-8-9(21(28)29)7-12-16(15)22(30)33-23(12)10-3-5-13(26)17(24)19(10)32-20-11(23)4-6-14(27)18(20)25/h3-8,26-27H,2H2,1H3,(H,28,29). The molecule has 0 atom stereocenters. The number of phenolic OH excluding ortho intramolecular Hbond substituents is 2. The molecule has 3 aromatic carbocycles. The summed E-state index contributed by atoms with van der Waals surface area (Å²) in [6.07, 6.45) is 0. The summed E-state index contributed by atoms with van der Waals surface area (Å²) in [5.41, 5.74) is -1.20. The van der Waals surface area contributed by atoms with Gasteiger partial charge in [0, 0.05) is 16.7 Å². The number of aromatic hydroxyl groups is 2. The first-order valence-electron chi connectivity index (χ1n) is 9.70. The van der Waals surface area contributed by atoms with Gasteiger partial charge in [-0.15, -0.1) is 0 Å². The Bertz CT molecular complexity index is 1320. The lowest BCUT2D eigenvalue weighted by molar-refractivity contribution is 0.0223. The van der Waals surface area contributed by atoms with Crippen molar-refractivity contribution in [3.63, 3.8) is 0 Å². The molecule has 0 aliphatic carbocycles. The fourth-order valence-corrected chi connectivity index (χ4v) is 4.64. The highest BCUT2D eigenvalue weighted by Gasteiger charge is 2.56. The number of hydrogen-bond acceptors (Lipinski definition) is 7. The summed E-state index contributed by atoms with van der Waals surface area (Å²) in [7, 11) is 0. The zero-order chi connectivity index (χ0) is 23.7. The number of carbonyl (C=O) groups is 2. The molecule has 1 spiro atoms. The van der Waals surface area contributed by atoms with Gasteiger partial charge in [-0.25, -0.2) is 9.59 Å². The van der Waals surface area contributed by atoms with Crippen LogP contribution in [0.3, 0.4) is 0 Å². The van der Waals surface area contributed by atoms with Crippen LogP contribution >= 0.6 is 23.2 Å². The average molecular weight is 489 g/mol. The van der Waals surface area contributed by atoms with Crippen LogP contribution in [0.5, 0.6) is 28.7 Å². The first kappa shape index (κ1) is 21.2. The van der Waals surface area contributed by atoms with E-state index in [9.17, 15) is 24.9 Å². The fourth-order valence-electron chi connectivity index (χ4n) is 4.23. The predicted octanol–water partition coefficient (Wildman–Crippen LogP) is 5.07. The van der Waals surface area contributed by atoms with Crippen LogP contribution < -0.4 is 9.47 Å². The molecule has 3 N–H and O–H groups in total. The van der Waals surface area contributed by atoms with Crippen molar-refractivity contribution < 1.29 is 39.1 Å². The van der Waals surface area contributed by atoms with Crippen molar-refractivity contribution in [2.75, 3.05) is 6.61 Å². The van der Waals surface area contributed by atoms with Gasteiger partial charge in [0.1, 0.15) is 32.9 Å². The van der Waals surface area contributed by atoms with E-state index in [0.29, 0.717) is 0 Å². The van der Waals surface area contributed by atoms with E-state index >= 15 is 0 Å². The van der Waals surface area contributed by atoms with E-state index in [1.165, 1.54) is 36.4 Å². The van der Waals surface area contributed by atoms with Crippen molar-refractivity contribution in [2.24, 2.45) is 0 Å². The second kappa shape index (κ2) is 7.19. The van der Waals surface area contributed by atoms with E-state index in [-0.39, 0.29) is 73.2 Å². The van der Waals surface area contributed by atoms with Crippen LogP contribution in [0, 0.1) is 0 Å². The summed E-state index contributed by atoms with van der Waals surface area (Å²) < 4.78 is 17.4. The number of hydrogen-bond donors (Lipinski definition) is 3. The highest BCUT2D eigenvalue weighted by Crippen LogP contribution is 2.61. The molecule has 5 rings (SSSR count). The third-order valence-electron chi connectivity index (χ3n) is 5.59. The van der Waals surface area contributed by atoms with Gasteiger partial charge in [-0.05, 0) is 43.3 Å². The smallest absolute Gasteiger partial charge is 0.343 e.